The number of para-hydroxylation sites is 1. The Bertz CT molecular complexity index is 1010. The summed E-state index contributed by atoms with van der Waals surface area (Å²) in [6.07, 6.45) is 0.400. The standard InChI is InChI=1S/C22H22FNO4.Na/c1-24-19-5-3-2-4-18(19)22(14-6-8-15(23)9-7-14)20(24)11-10-16(25)12-17(26)13-21(27)28;/h2-11,16-17,25-26H,12-13H2,1H3,(H,27,28);/q;+1/p-1/b11-10+;/t16-,17-;/m1./s1. The Morgan fingerprint density at radius 1 is 1.17 bits per heavy atom. The van der Waals surface area contributed by atoms with E-state index in [2.05, 4.69) is 0 Å². The number of benzene rings is 2. The minimum atomic E-state index is -1.36. The average molecular weight is 405 g/mol. The summed E-state index contributed by atoms with van der Waals surface area (Å²) >= 11 is 0. The molecule has 0 saturated heterocycles. The number of carbonyl (C=O) groups is 1. The Kier molecular flexibility index (Phi) is 8.19. The monoisotopic (exact) mass is 405 g/mol. The fourth-order valence-corrected chi connectivity index (χ4v) is 3.36. The molecule has 5 nitrogen and oxygen atoms in total. The number of hydrogen-bond acceptors (Lipinski definition) is 4. The van der Waals surface area contributed by atoms with Crippen molar-refractivity contribution in [1.82, 2.24) is 4.57 Å². The molecule has 3 aromatic rings. The second-order valence-electron chi connectivity index (χ2n) is 6.74. The molecule has 2 aromatic carbocycles. The Morgan fingerprint density at radius 3 is 2.48 bits per heavy atom. The third-order valence-corrected chi connectivity index (χ3v) is 4.68. The van der Waals surface area contributed by atoms with Gasteiger partial charge >= 0.3 is 29.6 Å². The number of aryl methyl sites for hydroxylation is 1. The largest absolute Gasteiger partial charge is 1.00 e. The molecule has 0 saturated carbocycles. The number of halogens is 1. The van der Waals surface area contributed by atoms with Crippen LogP contribution < -0.4 is 34.7 Å². The molecule has 0 amide bonds. The maximum absolute atomic E-state index is 13.4. The summed E-state index contributed by atoms with van der Waals surface area (Å²) < 4.78 is 15.3. The maximum Gasteiger partial charge on any atom is 1.00 e. The van der Waals surface area contributed by atoms with E-state index in [0.717, 1.165) is 27.7 Å². The van der Waals surface area contributed by atoms with Gasteiger partial charge in [-0.2, -0.15) is 0 Å². The summed E-state index contributed by atoms with van der Waals surface area (Å²) in [4.78, 5) is 10.5. The van der Waals surface area contributed by atoms with Crippen LogP contribution in [0.3, 0.4) is 0 Å². The molecule has 0 aliphatic rings. The van der Waals surface area contributed by atoms with Gasteiger partial charge < -0.3 is 24.7 Å². The second-order valence-corrected chi connectivity index (χ2v) is 6.74. The smallest absolute Gasteiger partial charge is 0.550 e. The van der Waals surface area contributed by atoms with Crippen molar-refractivity contribution in [3.8, 4) is 11.1 Å². The molecular weight excluding hydrogens is 384 g/mol. The van der Waals surface area contributed by atoms with Gasteiger partial charge in [-0.1, -0.05) is 36.4 Å². The predicted molar refractivity (Wildman–Crippen MR) is 104 cm³/mol. The molecule has 1 heterocycles. The number of aliphatic hydroxyl groups excluding tert-OH is 2. The SMILES string of the molecule is Cn1c(/C=C/[C@@H](O)C[C@@H](O)CC(=O)[O-])c(-c2ccc(F)cc2)c2ccccc21.[Na+]. The Hall–Kier alpha value is -1.96. The normalized spacial score (nSPS) is 13.4. The van der Waals surface area contributed by atoms with E-state index >= 15 is 0 Å². The number of hydrogen-bond donors (Lipinski definition) is 2. The Labute approximate surface area is 190 Å². The third kappa shape index (κ3) is 5.56. The molecule has 0 fully saturated rings. The van der Waals surface area contributed by atoms with Crippen molar-refractivity contribution in [2.75, 3.05) is 0 Å². The van der Waals surface area contributed by atoms with Crippen molar-refractivity contribution < 1.29 is 54.1 Å². The fourth-order valence-electron chi connectivity index (χ4n) is 3.36. The van der Waals surface area contributed by atoms with Crippen LogP contribution in [0, 0.1) is 5.82 Å². The van der Waals surface area contributed by atoms with E-state index in [-0.39, 0.29) is 41.8 Å². The van der Waals surface area contributed by atoms with Gasteiger partial charge in [0.1, 0.15) is 5.82 Å². The topological polar surface area (TPSA) is 85.5 Å². The summed E-state index contributed by atoms with van der Waals surface area (Å²) in [6.45, 7) is 0. The van der Waals surface area contributed by atoms with Gasteiger partial charge in [-0.3, -0.25) is 0 Å². The van der Waals surface area contributed by atoms with Gasteiger partial charge in [0.15, 0.2) is 0 Å². The fraction of sp³-hybridized carbons (Fsp3) is 0.227. The summed E-state index contributed by atoms with van der Waals surface area (Å²) in [5.41, 5.74) is 3.52. The van der Waals surface area contributed by atoms with Crippen molar-refractivity contribution in [2.45, 2.75) is 25.0 Å². The minimum Gasteiger partial charge on any atom is -0.550 e. The number of carboxylic acid groups (broad SMARTS) is 1. The number of rotatable bonds is 7. The minimum absolute atomic E-state index is 0. The van der Waals surface area contributed by atoms with Gasteiger partial charge in [0.25, 0.3) is 0 Å². The van der Waals surface area contributed by atoms with Crippen LogP contribution in [-0.4, -0.2) is 33.0 Å². The van der Waals surface area contributed by atoms with E-state index < -0.39 is 24.6 Å². The van der Waals surface area contributed by atoms with Gasteiger partial charge in [-0.15, -0.1) is 0 Å². The van der Waals surface area contributed by atoms with Crippen LogP contribution in [0.25, 0.3) is 28.1 Å². The van der Waals surface area contributed by atoms with Crippen molar-refractivity contribution in [3.05, 3.63) is 66.1 Å². The number of aromatic nitrogens is 1. The first-order valence-corrected chi connectivity index (χ1v) is 8.94. The molecule has 7 heteroatoms. The van der Waals surface area contributed by atoms with Crippen LogP contribution in [0.2, 0.25) is 0 Å². The van der Waals surface area contributed by atoms with Gasteiger partial charge in [0, 0.05) is 48.0 Å². The Morgan fingerprint density at radius 2 is 1.83 bits per heavy atom. The molecular formula is C22H21FNNaO4. The number of fused-ring (bicyclic) bond motifs is 1. The van der Waals surface area contributed by atoms with Gasteiger partial charge in [-0.05, 0) is 29.8 Å². The van der Waals surface area contributed by atoms with Gasteiger partial charge in [0.2, 0.25) is 0 Å². The molecule has 0 aliphatic carbocycles. The average Bonchev–Trinajstić information content (AvgIpc) is 2.92. The number of aliphatic carboxylic acids is 1. The predicted octanol–water partition coefficient (Wildman–Crippen LogP) is -0.746. The van der Waals surface area contributed by atoms with E-state index in [9.17, 15) is 24.5 Å². The second kappa shape index (κ2) is 10.2. The van der Waals surface area contributed by atoms with Crippen LogP contribution in [-0.2, 0) is 11.8 Å². The molecule has 146 valence electrons. The molecule has 29 heavy (non-hydrogen) atoms. The molecule has 0 radical (unpaired) electrons. The summed E-state index contributed by atoms with van der Waals surface area (Å²) in [5.74, 6) is -1.69. The molecule has 3 rings (SSSR count). The van der Waals surface area contributed by atoms with E-state index in [0.29, 0.717) is 0 Å². The molecule has 0 unspecified atom stereocenters. The van der Waals surface area contributed by atoms with Crippen molar-refractivity contribution in [2.24, 2.45) is 7.05 Å². The maximum atomic E-state index is 13.4. The third-order valence-electron chi connectivity index (χ3n) is 4.68. The van der Waals surface area contributed by atoms with E-state index in [1.54, 1.807) is 18.2 Å². The quantitative estimate of drug-likeness (QED) is 0.507. The molecule has 2 N–H and O–H groups in total. The van der Waals surface area contributed by atoms with Crippen molar-refractivity contribution >= 4 is 22.9 Å². The molecule has 0 bridgehead atoms. The van der Waals surface area contributed by atoms with E-state index in [4.69, 9.17) is 0 Å². The number of aliphatic hydroxyl groups is 2. The zero-order chi connectivity index (χ0) is 20.3. The zero-order valence-electron chi connectivity index (χ0n) is 16.4. The van der Waals surface area contributed by atoms with Crippen LogP contribution >= 0.6 is 0 Å². The molecule has 1 aromatic heterocycles. The summed E-state index contributed by atoms with van der Waals surface area (Å²) in [6, 6.07) is 14.0. The van der Waals surface area contributed by atoms with Crippen LogP contribution in [0.5, 0.6) is 0 Å². The zero-order valence-corrected chi connectivity index (χ0v) is 18.4. The van der Waals surface area contributed by atoms with Gasteiger partial charge in [-0.25, -0.2) is 4.39 Å². The van der Waals surface area contributed by atoms with Crippen LogP contribution in [0.1, 0.15) is 18.5 Å². The first-order chi connectivity index (χ1) is 13.4. The van der Waals surface area contributed by atoms with Crippen LogP contribution in [0.4, 0.5) is 4.39 Å². The summed E-state index contributed by atoms with van der Waals surface area (Å²) in [5, 5.41) is 31.3. The van der Waals surface area contributed by atoms with E-state index in [1.807, 2.05) is 35.9 Å². The van der Waals surface area contributed by atoms with Crippen molar-refractivity contribution in [1.29, 1.82) is 0 Å². The molecule has 2 atom stereocenters. The van der Waals surface area contributed by atoms with Crippen LogP contribution in [0.15, 0.2) is 54.6 Å². The van der Waals surface area contributed by atoms with Gasteiger partial charge in [0.05, 0.1) is 12.2 Å². The first kappa shape index (κ1) is 23.3. The van der Waals surface area contributed by atoms with Crippen molar-refractivity contribution in [3.63, 3.8) is 0 Å². The number of carbonyl (C=O) groups excluding carboxylic acids is 1. The number of nitrogens with zero attached hydrogens (tertiary/aromatic N) is 1. The molecule has 0 spiro atoms. The number of carboxylic acids is 1. The first-order valence-electron chi connectivity index (χ1n) is 8.94. The summed E-state index contributed by atoms with van der Waals surface area (Å²) in [7, 11) is 1.90. The molecule has 0 aliphatic heterocycles. The Balaban J connectivity index is 0.00000300. The van der Waals surface area contributed by atoms with E-state index in [1.165, 1.54) is 18.2 Å².